The number of likely N-dealkylation sites (tertiary alicyclic amines) is 1. The van der Waals surface area contributed by atoms with Crippen molar-refractivity contribution in [3.63, 3.8) is 0 Å². The van der Waals surface area contributed by atoms with E-state index >= 15 is 0 Å². The number of nitrogens with zero attached hydrogens (tertiary/aromatic N) is 2. The van der Waals surface area contributed by atoms with Crippen LogP contribution in [0.3, 0.4) is 0 Å². The van der Waals surface area contributed by atoms with Crippen molar-refractivity contribution < 1.29 is 24.5 Å². The molecular formula is C17H26N4O5. The highest BCUT2D eigenvalue weighted by atomic mass is 16.5. The molecule has 0 radical (unpaired) electrons. The zero-order valence-electron chi connectivity index (χ0n) is 15.1. The molecule has 0 unspecified atom stereocenters. The van der Waals surface area contributed by atoms with Gasteiger partial charge in [-0.15, -0.1) is 0 Å². The summed E-state index contributed by atoms with van der Waals surface area (Å²) < 4.78 is 5.95. The monoisotopic (exact) mass is 366 g/mol. The largest absolute Gasteiger partial charge is 0.388 e. The van der Waals surface area contributed by atoms with E-state index in [0.29, 0.717) is 50.5 Å². The summed E-state index contributed by atoms with van der Waals surface area (Å²) in [6, 6.07) is 0. The first-order valence-electron chi connectivity index (χ1n) is 8.84. The van der Waals surface area contributed by atoms with E-state index in [-0.39, 0.29) is 11.8 Å². The Balaban J connectivity index is 1.71. The third-order valence-electron chi connectivity index (χ3n) is 5.56. The first-order chi connectivity index (χ1) is 12.3. The number of carbonyl (C=O) groups excluding carboxylic acids is 2. The minimum absolute atomic E-state index is 0.322. The number of hydrogen-bond acceptors (Lipinski definition) is 6. The van der Waals surface area contributed by atoms with E-state index in [1.807, 2.05) is 6.92 Å². The molecule has 2 amide bonds. The molecule has 2 aliphatic rings. The van der Waals surface area contributed by atoms with Crippen LogP contribution in [-0.2, 0) is 9.53 Å². The quantitative estimate of drug-likeness (QED) is 0.562. The highest BCUT2D eigenvalue weighted by molar-refractivity contribution is 5.92. The Hall–Kier alpha value is -1.97. The predicted octanol–water partition coefficient (Wildman–Crippen LogP) is -0.659. The van der Waals surface area contributed by atoms with Gasteiger partial charge < -0.3 is 30.2 Å². The smallest absolute Gasteiger partial charge is 0.269 e. The zero-order valence-corrected chi connectivity index (χ0v) is 15.1. The van der Waals surface area contributed by atoms with Crippen molar-refractivity contribution in [3.05, 3.63) is 17.7 Å². The van der Waals surface area contributed by atoms with E-state index in [4.69, 9.17) is 9.84 Å². The second-order valence-electron chi connectivity index (χ2n) is 7.36. The molecule has 9 heteroatoms. The highest BCUT2D eigenvalue weighted by Crippen LogP contribution is 2.40. The van der Waals surface area contributed by atoms with Gasteiger partial charge in [0.2, 0.25) is 5.91 Å². The van der Waals surface area contributed by atoms with Crippen molar-refractivity contribution in [3.8, 4) is 0 Å². The third-order valence-corrected chi connectivity index (χ3v) is 5.56. The van der Waals surface area contributed by atoms with Crippen molar-refractivity contribution in [1.82, 2.24) is 20.2 Å². The lowest BCUT2D eigenvalue weighted by molar-refractivity contribution is -0.206. The molecule has 4 N–H and O–H groups in total. The number of hydrogen-bond donors (Lipinski definition) is 4. The van der Waals surface area contributed by atoms with Crippen LogP contribution in [0, 0.1) is 6.92 Å². The number of aryl methyl sites for hydroxylation is 1. The van der Waals surface area contributed by atoms with E-state index in [2.05, 4.69) is 15.3 Å². The van der Waals surface area contributed by atoms with Gasteiger partial charge in [0.1, 0.15) is 24.2 Å². The molecule has 0 bridgehead atoms. The van der Waals surface area contributed by atoms with Gasteiger partial charge in [0, 0.05) is 19.7 Å². The van der Waals surface area contributed by atoms with Crippen molar-refractivity contribution in [2.45, 2.75) is 50.4 Å². The fraction of sp³-hybridized carbons (Fsp3) is 0.706. The Labute approximate surface area is 151 Å². The van der Waals surface area contributed by atoms with Crippen LogP contribution in [0.4, 0.5) is 0 Å². The molecule has 9 nitrogen and oxygen atoms in total. The SMILES string of the molecule is Cc1ncc(C(=O)N[C@@]2(C)CCOC3(CCN(C(=O)CO)CC3)[C@@H]2O)[nH]1. The van der Waals surface area contributed by atoms with Crippen molar-refractivity contribution in [2.24, 2.45) is 0 Å². The van der Waals surface area contributed by atoms with Crippen LogP contribution in [0.2, 0.25) is 0 Å². The number of aliphatic hydroxyl groups is 2. The highest BCUT2D eigenvalue weighted by Gasteiger charge is 2.54. The number of aromatic amines is 1. The maximum Gasteiger partial charge on any atom is 0.269 e. The summed E-state index contributed by atoms with van der Waals surface area (Å²) >= 11 is 0. The van der Waals surface area contributed by atoms with Crippen LogP contribution >= 0.6 is 0 Å². The van der Waals surface area contributed by atoms with Gasteiger partial charge in [-0.1, -0.05) is 0 Å². The molecule has 0 saturated carbocycles. The Morgan fingerprint density at radius 3 is 2.69 bits per heavy atom. The summed E-state index contributed by atoms with van der Waals surface area (Å²) in [5.74, 6) is -0.00172. The molecule has 2 atom stereocenters. The lowest BCUT2D eigenvalue weighted by Gasteiger charge is -2.53. The molecule has 0 aliphatic carbocycles. The number of carbonyl (C=O) groups is 2. The third kappa shape index (κ3) is 3.34. The molecule has 2 saturated heterocycles. The van der Waals surface area contributed by atoms with Crippen molar-refractivity contribution >= 4 is 11.8 Å². The van der Waals surface area contributed by atoms with E-state index in [0.717, 1.165) is 0 Å². The Kier molecular flexibility index (Phi) is 5.05. The van der Waals surface area contributed by atoms with Gasteiger partial charge in [-0.05, 0) is 33.1 Å². The van der Waals surface area contributed by atoms with E-state index in [1.54, 1.807) is 11.8 Å². The molecular weight excluding hydrogens is 340 g/mol. The molecule has 3 heterocycles. The van der Waals surface area contributed by atoms with Crippen LogP contribution in [0.5, 0.6) is 0 Å². The predicted molar refractivity (Wildman–Crippen MR) is 91.4 cm³/mol. The number of nitrogens with one attached hydrogen (secondary N) is 2. The molecule has 2 aliphatic heterocycles. The van der Waals surface area contributed by atoms with Gasteiger partial charge in [0.15, 0.2) is 0 Å². The Morgan fingerprint density at radius 1 is 1.42 bits per heavy atom. The van der Waals surface area contributed by atoms with Crippen LogP contribution in [0.25, 0.3) is 0 Å². The Morgan fingerprint density at radius 2 is 2.12 bits per heavy atom. The van der Waals surface area contributed by atoms with Gasteiger partial charge in [-0.2, -0.15) is 0 Å². The van der Waals surface area contributed by atoms with Gasteiger partial charge in [0.05, 0.1) is 17.3 Å². The van der Waals surface area contributed by atoms with Gasteiger partial charge >= 0.3 is 0 Å². The van der Waals surface area contributed by atoms with E-state index < -0.39 is 23.9 Å². The molecule has 2 fully saturated rings. The minimum Gasteiger partial charge on any atom is -0.388 e. The molecule has 0 aromatic carbocycles. The number of piperidine rings is 1. The van der Waals surface area contributed by atoms with E-state index in [9.17, 15) is 14.7 Å². The molecule has 1 spiro atoms. The normalized spacial score (nSPS) is 28.2. The number of rotatable bonds is 3. The fourth-order valence-electron chi connectivity index (χ4n) is 3.91. The minimum atomic E-state index is -0.914. The van der Waals surface area contributed by atoms with Crippen molar-refractivity contribution in [2.75, 3.05) is 26.3 Å². The number of imidazole rings is 1. The maximum atomic E-state index is 12.5. The second kappa shape index (κ2) is 6.98. The molecule has 3 rings (SSSR count). The number of amides is 2. The van der Waals surface area contributed by atoms with Gasteiger partial charge in [0.25, 0.3) is 5.91 Å². The Bertz CT molecular complexity index is 682. The van der Waals surface area contributed by atoms with Crippen LogP contribution in [0.1, 0.15) is 42.5 Å². The van der Waals surface area contributed by atoms with Gasteiger partial charge in [-0.3, -0.25) is 9.59 Å². The van der Waals surface area contributed by atoms with Crippen LogP contribution < -0.4 is 5.32 Å². The first kappa shape index (κ1) is 18.8. The van der Waals surface area contributed by atoms with Crippen molar-refractivity contribution in [1.29, 1.82) is 0 Å². The average molecular weight is 366 g/mol. The second-order valence-corrected chi connectivity index (χ2v) is 7.36. The number of aliphatic hydroxyl groups excluding tert-OH is 2. The summed E-state index contributed by atoms with van der Waals surface area (Å²) in [6.45, 7) is 4.27. The average Bonchev–Trinajstić information content (AvgIpc) is 3.06. The van der Waals surface area contributed by atoms with Gasteiger partial charge in [-0.25, -0.2) is 4.98 Å². The summed E-state index contributed by atoms with van der Waals surface area (Å²) in [7, 11) is 0. The molecule has 1 aromatic heterocycles. The molecule has 1 aromatic rings. The summed E-state index contributed by atoms with van der Waals surface area (Å²) in [5, 5.41) is 23.0. The maximum absolute atomic E-state index is 12.5. The summed E-state index contributed by atoms with van der Waals surface area (Å²) in [6.07, 6.45) is 1.94. The number of aromatic nitrogens is 2. The molecule has 144 valence electrons. The lowest BCUT2D eigenvalue weighted by atomic mass is 9.73. The standard InChI is InChI=1S/C17H26N4O5/c1-11-18-9-12(19-11)14(24)20-16(2)5-8-26-17(15(16)25)3-6-21(7-4-17)13(23)10-22/h9,15,22,25H,3-8,10H2,1-2H3,(H,18,19)(H,20,24)/t15-,16+/m1/s1. The summed E-state index contributed by atoms with van der Waals surface area (Å²) in [4.78, 5) is 32.7. The number of ether oxygens (including phenoxy) is 1. The fourth-order valence-corrected chi connectivity index (χ4v) is 3.91. The number of H-pyrrole nitrogens is 1. The van der Waals surface area contributed by atoms with Crippen LogP contribution in [-0.4, -0.2) is 80.4 Å². The van der Waals surface area contributed by atoms with Crippen LogP contribution in [0.15, 0.2) is 6.20 Å². The first-order valence-corrected chi connectivity index (χ1v) is 8.84. The molecule has 26 heavy (non-hydrogen) atoms. The van der Waals surface area contributed by atoms with E-state index in [1.165, 1.54) is 6.20 Å². The zero-order chi connectivity index (χ0) is 18.9. The lowest BCUT2D eigenvalue weighted by Crippen LogP contribution is -2.69. The topological polar surface area (TPSA) is 128 Å². The summed E-state index contributed by atoms with van der Waals surface area (Å²) in [5.41, 5.74) is -1.31.